The van der Waals surface area contributed by atoms with Crippen molar-refractivity contribution in [1.82, 2.24) is 19.9 Å². The molecule has 8 unspecified atom stereocenters. The van der Waals surface area contributed by atoms with E-state index in [1.807, 2.05) is 40.7 Å². The van der Waals surface area contributed by atoms with Crippen LogP contribution in [0, 0.1) is 28.1 Å². The fourth-order valence-electron chi connectivity index (χ4n) is 13.0. The lowest BCUT2D eigenvalue weighted by Crippen LogP contribution is -2.56. The van der Waals surface area contributed by atoms with Gasteiger partial charge in [-0.15, -0.1) is 34.8 Å². The van der Waals surface area contributed by atoms with Crippen LogP contribution in [-0.4, -0.2) is 173 Å². The number of anilines is 3. The van der Waals surface area contributed by atoms with Crippen LogP contribution in [0.4, 0.5) is 31.4 Å². The van der Waals surface area contributed by atoms with Gasteiger partial charge in [0.2, 0.25) is 11.8 Å². The van der Waals surface area contributed by atoms with Gasteiger partial charge in [-0.1, -0.05) is 97.7 Å². The monoisotopic (exact) mass is 1600 g/mol. The van der Waals surface area contributed by atoms with Crippen LogP contribution in [0.15, 0.2) is 159 Å². The Kier molecular flexibility index (Phi) is 35.2. The summed E-state index contributed by atoms with van der Waals surface area (Å²) >= 11 is 18.0. The van der Waals surface area contributed by atoms with Gasteiger partial charge in [0.1, 0.15) is 52.8 Å². The van der Waals surface area contributed by atoms with Crippen LogP contribution >= 0.6 is 34.8 Å². The maximum Gasteiger partial charge on any atom is 0.417 e. The number of benzene rings is 4. The number of rotatable bonds is 23. The molecule has 610 valence electrons. The number of halogens is 3. The number of allylic oxidation sites excluding steroid dienone is 4. The van der Waals surface area contributed by atoms with Crippen molar-refractivity contribution in [3.63, 3.8) is 0 Å². The first-order valence-corrected chi connectivity index (χ1v) is 37.8. The van der Waals surface area contributed by atoms with E-state index < -0.39 is 62.6 Å². The highest BCUT2D eigenvalue weighted by Crippen LogP contribution is 2.65. The zero-order valence-electron chi connectivity index (χ0n) is 68.8. The maximum atomic E-state index is 13.4. The van der Waals surface area contributed by atoms with Gasteiger partial charge in [-0.05, 0) is 215 Å². The summed E-state index contributed by atoms with van der Waals surface area (Å²) < 4.78 is 21.7. The number of hydrogen-bond acceptors (Lipinski definition) is 17. The molecular weight excluding hydrogens is 1490 g/mol. The van der Waals surface area contributed by atoms with Gasteiger partial charge in [0.05, 0.1) is 44.2 Å². The SMILES string of the molecule is CC1=C(C)C(C)(COC(=O)C(C)CC(Cl)C(=O)N(C)C)C(C)=C1C.CC1=C(C)C(C)(COC(=O)C(C)Cl)C(C)=C1C.CC1=C(C)C2(C)N(C(=O)Nc3ccc(CO)cc3)OC1(C)C2(C)COC(=O)C(C)CC(Cl)C(=O)N(C)C.CON(C)C(=O)Nc1ccc(CO)cc1.O=C(Nc1ccc(CO)cc1)Oc1ccccc1. The van der Waals surface area contributed by atoms with Crippen molar-refractivity contribution in [2.45, 2.75) is 185 Å². The van der Waals surface area contributed by atoms with Gasteiger partial charge in [-0.25, -0.2) is 19.4 Å². The van der Waals surface area contributed by atoms with Crippen molar-refractivity contribution in [2.24, 2.45) is 28.1 Å². The number of hydrogen-bond donors (Lipinski definition) is 6. The molecule has 0 saturated carbocycles. The molecule has 27 heteroatoms. The second-order valence-corrected chi connectivity index (χ2v) is 31.5. The molecule has 0 radical (unpaired) electrons. The van der Waals surface area contributed by atoms with Crippen LogP contribution in [0.5, 0.6) is 5.75 Å². The number of nitrogens with zero attached hydrogens (tertiary/aromatic N) is 4. The largest absolute Gasteiger partial charge is 0.465 e. The van der Waals surface area contributed by atoms with E-state index in [9.17, 15) is 43.5 Å². The molecule has 4 aliphatic rings. The standard InChI is InChI=1S/C27H38ClN3O6.C19H30ClNO3.C14H21ClO2.C14H13NO3.C10H14N2O3/c1-16(13-21(28)22(33)30(7)8)23(34)36-15-25(4)26(5)17(2)18(3)27(25,6)37-31(26)24(35)29-20-11-9-19(14-32)10-12-20;1-11(9-16(20)17(22)21(7)8)18(23)24-10-19(6)14(4)12(2)13(3)15(19)5;1-8-9(2)11(4)14(6,10(8)3)7-17-13(16)12(5)15;16-10-11-6-8-12(9-7-11)15-14(17)18-13-4-2-1-3-5-13;1-12(15-2)10(14)11-9-5-3-8(7-13)4-6-9/h9-12,16,21,32H,13-15H2,1-8H3,(H,29,35);11,16H,9-10H2,1-8H3;12H,7H2,1-6H3;1-9,16H,10H2,(H,15,17);3-6,13H,7H2,1-2H3,(H,11,14). The average Bonchev–Trinajstić information content (AvgIpc) is 1.49. The minimum Gasteiger partial charge on any atom is -0.465 e. The van der Waals surface area contributed by atoms with Gasteiger partial charge in [0.15, 0.2) is 0 Å². The number of alkyl halides is 3. The van der Waals surface area contributed by atoms with Crippen molar-refractivity contribution < 1.29 is 82.3 Å². The van der Waals surface area contributed by atoms with E-state index >= 15 is 0 Å². The highest BCUT2D eigenvalue weighted by atomic mass is 35.5. The third-order valence-electron chi connectivity index (χ3n) is 22.5. The van der Waals surface area contributed by atoms with Crippen molar-refractivity contribution in [2.75, 3.05) is 78.1 Å². The molecule has 1 aliphatic heterocycles. The Morgan fingerprint density at radius 3 is 1.18 bits per heavy atom. The van der Waals surface area contributed by atoms with Crippen LogP contribution < -0.4 is 20.7 Å². The molecule has 1 saturated heterocycles. The fourth-order valence-corrected chi connectivity index (χ4v) is 14.0. The number of urea groups is 2. The van der Waals surface area contributed by atoms with Crippen LogP contribution in [0.2, 0.25) is 0 Å². The van der Waals surface area contributed by atoms with Crippen LogP contribution in [0.3, 0.4) is 0 Å². The first-order chi connectivity index (χ1) is 51.7. The quantitative estimate of drug-likeness (QED) is 0.0132. The number of carbonyl (C=O) groups excluding carboxylic acids is 8. The Morgan fingerprint density at radius 2 is 0.829 bits per heavy atom. The number of fused-ring (bicyclic) bond motifs is 2. The predicted molar refractivity (Wildman–Crippen MR) is 434 cm³/mol. The molecule has 8 atom stereocenters. The predicted octanol–water partition coefficient (Wildman–Crippen LogP) is 15.9. The Balaban J connectivity index is 0.000000306. The minimum atomic E-state index is -0.902. The summed E-state index contributed by atoms with van der Waals surface area (Å²) in [5.74, 6) is -2.10. The Hall–Kier alpha value is -8.59. The number of ether oxygens (including phenoxy) is 4. The average molecular weight is 1600 g/mol. The highest BCUT2D eigenvalue weighted by Gasteiger charge is 2.75. The van der Waals surface area contributed by atoms with E-state index in [0.29, 0.717) is 36.0 Å². The lowest BCUT2D eigenvalue weighted by atomic mass is 9.66. The molecule has 3 aliphatic carbocycles. The number of para-hydroxylation sites is 1. The van der Waals surface area contributed by atoms with Gasteiger partial charge < -0.3 is 54.7 Å². The first-order valence-electron chi connectivity index (χ1n) is 36.5. The number of esters is 3. The van der Waals surface area contributed by atoms with Crippen LogP contribution in [-0.2, 0) is 67.7 Å². The topological polar surface area (TPSA) is 302 Å². The summed E-state index contributed by atoms with van der Waals surface area (Å²) in [6.45, 7) is 36.4. The minimum absolute atomic E-state index is 0.00140. The summed E-state index contributed by atoms with van der Waals surface area (Å²) in [6.07, 6.45) is -0.118. The summed E-state index contributed by atoms with van der Waals surface area (Å²) in [5, 5.41) is 35.4. The number of aliphatic hydroxyl groups is 3. The molecule has 0 aromatic heterocycles. The smallest absolute Gasteiger partial charge is 0.417 e. The number of carbonyl (C=O) groups is 8. The Labute approximate surface area is 670 Å². The second kappa shape index (κ2) is 41.3. The maximum absolute atomic E-state index is 13.4. The molecule has 4 aromatic rings. The molecule has 6 N–H and O–H groups in total. The van der Waals surface area contributed by atoms with Crippen LogP contribution in [0.1, 0.15) is 154 Å². The molecule has 1 heterocycles. The lowest BCUT2D eigenvalue weighted by Gasteiger charge is -2.41. The summed E-state index contributed by atoms with van der Waals surface area (Å²) in [7, 11) is 9.45. The van der Waals surface area contributed by atoms with Crippen molar-refractivity contribution in [1.29, 1.82) is 0 Å². The van der Waals surface area contributed by atoms with E-state index in [0.717, 1.165) is 32.9 Å². The third kappa shape index (κ3) is 23.1. The van der Waals surface area contributed by atoms with Crippen molar-refractivity contribution in [3.8, 4) is 5.75 Å². The molecule has 4 aromatic carbocycles. The van der Waals surface area contributed by atoms with Crippen molar-refractivity contribution >= 4 is 99.7 Å². The van der Waals surface area contributed by atoms with Gasteiger partial charge in [-0.3, -0.25) is 39.0 Å². The molecule has 111 heavy (non-hydrogen) atoms. The molecule has 2 bridgehead atoms. The molecule has 7 amide bonds. The summed E-state index contributed by atoms with van der Waals surface area (Å²) in [6, 6.07) is 28.7. The number of nitrogens with one attached hydrogen (secondary N) is 3. The van der Waals surface area contributed by atoms with E-state index in [1.54, 1.807) is 146 Å². The fraction of sp³-hybridized carbons (Fsp3) is 0.500. The number of aliphatic hydroxyl groups excluding tert-OH is 3. The van der Waals surface area contributed by atoms with E-state index in [1.165, 1.54) is 73.6 Å². The Morgan fingerprint density at radius 1 is 0.477 bits per heavy atom. The van der Waals surface area contributed by atoms with Gasteiger partial charge in [-0.2, -0.15) is 5.06 Å². The number of amides is 7. The lowest BCUT2D eigenvalue weighted by molar-refractivity contribution is -0.172. The molecular formula is C84H116Cl3N7O17. The second-order valence-electron chi connectivity index (χ2n) is 29.8. The zero-order valence-corrected chi connectivity index (χ0v) is 71.1. The van der Waals surface area contributed by atoms with Crippen LogP contribution in [0.25, 0.3) is 0 Å². The number of hydroxylamine groups is 4. The van der Waals surface area contributed by atoms with E-state index in [-0.39, 0.29) is 79.9 Å². The third-order valence-corrected chi connectivity index (χ3v) is 23.4. The Bertz CT molecular complexity index is 4060. The molecule has 0 spiro atoms. The normalized spacial score (nSPS) is 19.7. The highest BCUT2D eigenvalue weighted by molar-refractivity contribution is 6.31. The van der Waals surface area contributed by atoms with E-state index in [4.69, 9.17) is 73.6 Å². The summed E-state index contributed by atoms with van der Waals surface area (Å²) in [4.78, 5) is 111. The van der Waals surface area contributed by atoms with E-state index in [2.05, 4.69) is 85.2 Å². The molecule has 8 rings (SSSR count). The molecule has 1 fully saturated rings. The van der Waals surface area contributed by atoms with Gasteiger partial charge in [0, 0.05) is 63.1 Å². The molecule has 24 nitrogen and oxygen atoms in total. The summed E-state index contributed by atoms with van der Waals surface area (Å²) in [5.41, 5.74) is 13.3. The van der Waals surface area contributed by atoms with Crippen molar-refractivity contribution in [3.05, 3.63) is 176 Å². The zero-order chi connectivity index (χ0) is 84.2. The van der Waals surface area contributed by atoms with Gasteiger partial charge >= 0.3 is 36.1 Å². The van der Waals surface area contributed by atoms with Gasteiger partial charge in [0.25, 0.3) is 0 Å². The first kappa shape index (κ1) is 94.8.